The molecule has 0 heterocycles. The van der Waals surface area contributed by atoms with Crippen LogP contribution in [0, 0.1) is 5.82 Å². The van der Waals surface area contributed by atoms with Crippen molar-refractivity contribution in [1.29, 1.82) is 0 Å². The van der Waals surface area contributed by atoms with Crippen LogP contribution in [-0.4, -0.2) is 19.0 Å². The maximum absolute atomic E-state index is 13.5. The van der Waals surface area contributed by atoms with Crippen molar-refractivity contribution in [3.8, 4) is 0 Å². The van der Waals surface area contributed by atoms with Gasteiger partial charge in [0.15, 0.2) is 0 Å². The van der Waals surface area contributed by atoms with E-state index < -0.39 is 0 Å². The minimum absolute atomic E-state index is 0.241. The van der Waals surface area contributed by atoms with Crippen molar-refractivity contribution < 1.29 is 4.39 Å². The quantitative estimate of drug-likeness (QED) is 0.883. The average Bonchev–Trinajstić information content (AvgIpc) is 2.34. The zero-order chi connectivity index (χ0) is 13.0. The van der Waals surface area contributed by atoms with Crippen molar-refractivity contribution in [1.82, 2.24) is 4.90 Å². The van der Waals surface area contributed by atoms with Crippen LogP contribution in [0.5, 0.6) is 0 Å². The Bertz CT molecular complexity index is 506. The van der Waals surface area contributed by atoms with Crippen molar-refractivity contribution in [2.45, 2.75) is 6.54 Å². The molecule has 0 aliphatic carbocycles. The highest BCUT2D eigenvalue weighted by atomic mass is 19.1. The molecule has 0 radical (unpaired) electrons. The average molecular weight is 244 g/mol. The molecule has 2 aromatic carbocycles. The molecule has 2 nitrogen and oxygen atoms in total. The summed E-state index contributed by atoms with van der Waals surface area (Å²) in [7, 11) is 4.07. The van der Waals surface area contributed by atoms with Gasteiger partial charge in [-0.1, -0.05) is 24.3 Å². The van der Waals surface area contributed by atoms with Gasteiger partial charge in [-0.15, -0.1) is 0 Å². The summed E-state index contributed by atoms with van der Waals surface area (Å²) in [5.41, 5.74) is 2.62. The zero-order valence-electron chi connectivity index (χ0n) is 10.7. The van der Waals surface area contributed by atoms with E-state index in [2.05, 4.69) is 10.2 Å². The number of nitrogens with one attached hydrogen (secondary N) is 1. The summed E-state index contributed by atoms with van der Waals surface area (Å²) in [4.78, 5) is 2.11. The van der Waals surface area contributed by atoms with Crippen molar-refractivity contribution in [2.24, 2.45) is 0 Å². The Morgan fingerprint density at radius 2 is 1.67 bits per heavy atom. The molecule has 0 spiro atoms. The molecule has 1 N–H and O–H groups in total. The summed E-state index contributed by atoms with van der Waals surface area (Å²) < 4.78 is 13.5. The van der Waals surface area contributed by atoms with Crippen LogP contribution in [-0.2, 0) is 6.54 Å². The fourth-order valence-corrected chi connectivity index (χ4v) is 1.78. The number of rotatable bonds is 4. The first-order valence-corrected chi connectivity index (χ1v) is 5.90. The Morgan fingerprint density at radius 1 is 1.00 bits per heavy atom. The second kappa shape index (κ2) is 5.65. The van der Waals surface area contributed by atoms with E-state index in [1.807, 2.05) is 44.4 Å². The van der Waals surface area contributed by atoms with Gasteiger partial charge in [0.05, 0.1) is 5.69 Å². The number of hydrogen-bond acceptors (Lipinski definition) is 2. The molecule has 18 heavy (non-hydrogen) atoms. The topological polar surface area (TPSA) is 15.3 Å². The lowest BCUT2D eigenvalue weighted by Crippen LogP contribution is -2.10. The van der Waals surface area contributed by atoms with Crippen LogP contribution in [0.15, 0.2) is 48.5 Å². The molecule has 0 aromatic heterocycles. The molecule has 0 unspecified atom stereocenters. The first kappa shape index (κ1) is 12.6. The predicted molar refractivity (Wildman–Crippen MR) is 73.5 cm³/mol. The van der Waals surface area contributed by atoms with E-state index in [1.165, 1.54) is 11.6 Å². The molecule has 0 amide bonds. The van der Waals surface area contributed by atoms with Gasteiger partial charge in [0.25, 0.3) is 0 Å². The van der Waals surface area contributed by atoms with E-state index in [0.29, 0.717) is 5.69 Å². The van der Waals surface area contributed by atoms with Gasteiger partial charge >= 0.3 is 0 Å². The normalized spacial score (nSPS) is 10.7. The van der Waals surface area contributed by atoms with Gasteiger partial charge in [-0.2, -0.15) is 0 Å². The Hall–Kier alpha value is -1.87. The van der Waals surface area contributed by atoms with Crippen LogP contribution in [0.1, 0.15) is 5.56 Å². The van der Waals surface area contributed by atoms with E-state index in [0.717, 1.165) is 12.2 Å². The number of hydrogen-bond donors (Lipinski definition) is 1. The molecule has 0 aliphatic rings. The Balaban J connectivity index is 2.09. The van der Waals surface area contributed by atoms with Crippen molar-refractivity contribution in [3.63, 3.8) is 0 Å². The monoisotopic (exact) mass is 244 g/mol. The summed E-state index contributed by atoms with van der Waals surface area (Å²) in [5.74, 6) is -0.241. The van der Waals surface area contributed by atoms with Gasteiger partial charge < -0.3 is 10.2 Å². The summed E-state index contributed by atoms with van der Waals surface area (Å²) >= 11 is 0. The summed E-state index contributed by atoms with van der Waals surface area (Å²) in [6.45, 7) is 0.903. The standard InChI is InChI=1S/C15H17FN2/c1-18(2)11-12-7-9-13(10-8-12)17-15-6-4-3-5-14(15)16/h3-10,17H,11H2,1-2H3. The summed E-state index contributed by atoms with van der Waals surface area (Å²) in [6, 6.07) is 14.7. The fourth-order valence-electron chi connectivity index (χ4n) is 1.78. The third-order valence-corrected chi connectivity index (χ3v) is 2.61. The van der Waals surface area contributed by atoms with Crippen molar-refractivity contribution in [3.05, 3.63) is 59.9 Å². The van der Waals surface area contributed by atoms with Gasteiger partial charge in [0, 0.05) is 12.2 Å². The van der Waals surface area contributed by atoms with Gasteiger partial charge in [-0.3, -0.25) is 0 Å². The van der Waals surface area contributed by atoms with Gasteiger partial charge in [0.1, 0.15) is 5.82 Å². The first-order valence-electron chi connectivity index (χ1n) is 5.90. The van der Waals surface area contributed by atoms with E-state index in [-0.39, 0.29) is 5.82 Å². The van der Waals surface area contributed by atoms with E-state index in [9.17, 15) is 4.39 Å². The minimum Gasteiger partial charge on any atom is -0.353 e. The van der Waals surface area contributed by atoms with Crippen LogP contribution in [0.3, 0.4) is 0 Å². The molecule has 94 valence electrons. The molecule has 2 aromatic rings. The smallest absolute Gasteiger partial charge is 0.146 e. The highest BCUT2D eigenvalue weighted by Gasteiger charge is 2.01. The van der Waals surface area contributed by atoms with Crippen LogP contribution in [0.2, 0.25) is 0 Å². The fraction of sp³-hybridized carbons (Fsp3) is 0.200. The Kier molecular flexibility index (Phi) is 3.95. The molecule has 2 rings (SSSR count). The second-order valence-corrected chi connectivity index (χ2v) is 4.54. The van der Waals surface area contributed by atoms with Gasteiger partial charge in [0.2, 0.25) is 0 Å². The maximum atomic E-state index is 13.5. The maximum Gasteiger partial charge on any atom is 0.146 e. The molecule has 0 saturated heterocycles. The molecule has 0 fully saturated rings. The van der Waals surface area contributed by atoms with Crippen LogP contribution in [0.25, 0.3) is 0 Å². The second-order valence-electron chi connectivity index (χ2n) is 4.54. The highest BCUT2D eigenvalue weighted by molar-refractivity contribution is 5.60. The van der Waals surface area contributed by atoms with E-state index in [1.54, 1.807) is 12.1 Å². The molecule has 0 bridgehead atoms. The lowest BCUT2D eigenvalue weighted by atomic mass is 10.2. The van der Waals surface area contributed by atoms with Gasteiger partial charge in [-0.05, 0) is 43.9 Å². The molecule has 0 saturated carbocycles. The van der Waals surface area contributed by atoms with E-state index in [4.69, 9.17) is 0 Å². The lowest BCUT2D eigenvalue weighted by molar-refractivity contribution is 0.402. The molecule has 0 aliphatic heterocycles. The van der Waals surface area contributed by atoms with Crippen LogP contribution >= 0.6 is 0 Å². The van der Waals surface area contributed by atoms with E-state index >= 15 is 0 Å². The first-order chi connectivity index (χ1) is 8.65. The molecular formula is C15H17FN2. The highest BCUT2D eigenvalue weighted by Crippen LogP contribution is 2.19. The molecule has 0 atom stereocenters. The molecular weight excluding hydrogens is 227 g/mol. The van der Waals surface area contributed by atoms with Crippen LogP contribution in [0.4, 0.5) is 15.8 Å². The summed E-state index contributed by atoms with van der Waals surface area (Å²) in [6.07, 6.45) is 0. The third kappa shape index (κ3) is 3.31. The van der Waals surface area contributed by atoms with Crippen molar-refractivity contribution in [2.75, 3.05) is 19.4 Å². The third-order valence-electron chi connectivity index (χ3n) is 2.61. The van der Waals surface area contributed by atoms with Crippen molar-refractivity contribution >= 4 is 11.4 Å². The predicted octanol–water partition coefficient (Wildman–Crippen LogP) is 3.63. The Morgan fingerprint density at radius 3 is 2.28 bits per heavy atom. The SMILES string of the molecule is CN(C)Cc1ccc(Nc2ccccc2F)cc1. The lowest BCUT2D eigenvalue weighted by Gasteiger charge is -2.11. The minimum atomic E-state index is -0.241. The zero-order valence-corrected chi connectivity index (χ0v) is 10.7. The number of benzene rings is 2. The number of halogens is 1. The number of anilines is 2. The number of nitrogens with zero attached hydrogens (tertiary/aromatic N) is 1. The molecule has 3 heteroatoms. The van der Waals surface area contributed by atoms with Gasteiger partial charge in [-0.25, -0.2) is 4.39 Å². The Labute approximate surface area is 107 Å². The largest absolute Gasteiger partial charge is 0.353 e. The summed E-state index contributed by atoms with van der Waals surface area (Å²) in [5, 5.41) is 3.06. The van der Waals surface area contributed by atoms with Crippen LogP contribution < -0.4 is 5.32 Å². The number of para-hydroxylation sites is 1.